The monoisotopic (exact) mass is 276 g/mol. The zero-order valence-electron chi connectivity index (χ0n) is 11.8. The highest BCUT2D eigenvalue weighted by molar-refractivity contribution is 6.15. The molecular weight excluding hydrogens is 260 g/mol. The van der Waals surface area contributed by atoms with Gasteiger partial charge in [0.05, 0.1) is 0 Å². The van der Waals surface area contributed by atoms with Crippen LogP contribution in [-0.2, 0) is 5.54 Å². The number of rotatable bonds is 2. The molecule has 3 heteroatoms. The second kappa shape index (κ2) is 4.22. The highest BCUT2D eigenvalue weighted by Crippen LogP contribution is 2.43. The lowest BCUT2D eigenvalue weighted by atomic mass is 9.83. The van der Waals surface area contributed by atoms with Crippen molar-refractivity contribution in [1.82, 2.24) is 4.98 Å². The van der Waals surface area contributed by atoms with E-state index in [9.17, 15) is 4.79 Å². The zero-order chi connectivity index (χ0) is 14.4. The summed E-state index contributed by atoms with van der Waals surface area (Å²) in [5.74, 6) is 0.158. The number of carbonyl (C=O) groups is 1. The molecule has 1 aliphatic rings. The smallest absolute Gasteiger partial charge is 0.194 e. The van der Waals surface area contributed by atoms with Crippen LogP contribution >= 0.6 is 0 Å². The van der Waals surface area contributed by atoms with Crippen molar-refractivity contribution >= 4 is 22.4 Å². The topological polar surface area (TPSA) is 44.9 Å². The molecule has 2 N–H and O–H groups in total. The first-order chi connectivity index (χ1) is 10.3. The second-order valence-electron chi connectivity index (χ2n) is 5.51. The van der Waals surface area contributed by atoms with E-state index in [0.717, 1.165) is 27.7 Å². The summed E-state index contributed by atoms with van der Waals surface area (Å²) < 4.78 is 0. The molecule has 1 aliphatic heterocycles. The number of carbonyl (C=O) groups excluding carboxylic acids is 1. The Kier molecular flexibility index (Phi) is 2.45. The third-order valence-corrected chi connectivity index (χ3v) is 4.49. The first-order valence-corrected chi connectivity index (χ1v) is 7.25. The average Bonchev–Trinajstić information content (AvgIpc) is 3.08. The van der Waals surface area contributed by atoms with E-state index in [2.05, 4.69) is 23.3 Å². The highest BCUT2D eigenvalue weighted by Gasteiger charge is 2.46. The van der Waals surface area contributed by atoms with Crippen molar-refractivity contribution in [2.75, 3.05) is 5.32 Å². The van der Waals surface area contributed by atoms with Crippen LogP contribution in [-0.4, -0.2) is 10.8 Å². The van der Waals surface area contributed by atoms with Crippen LogP contribution in [0.15, 0.2) is 54.7 Å². The maximum absolute atomic E-state index is 13.0. The summed E-state index contributed by atoms with van der Waals surface area (Å²) in [5, 5.41) is 4.58. The van der Waals surface area contributed by atoms with Gasteiger partial charge in [-0.25, -0.2) is 0 Å². The van der Waals surface area contributed by atoms with E-state index >= 15 is 0 Å². The SMILES string of the molecule is CCC1(c2c[nH]c3ccccc23)Nc2ccccc2C1=O. The molecule has 0 spiro atoms. The van der Waals surface area contributed by atoms with Gasteiger partial charge in [0.2, 0.25) is 0 Å². The standard InChI is InChI=1S/C18H16N2O/c1-2-18(14-11-19-15-9-5-3-7-12(14)15)17(21)13-8-4-6-10-16(13)20-18/h3-11,19-20H,2H2,1H3. The van der Waals surface area contributed by atoms with E-state index in [-0.39, 0.29) is 5.78 Å². The van der Waals surface area contributed by atoms with E-state index < -0.39 is 5.54 Å². The van der Waals surface area contributed by atoms with Gasteiger partial charge in [0.1, 0.15) is 5.54 Å². The molecule has 0 aliphatic carbocycles. The number of hydrogen-bond donors (Lipinski definition) is 2. The summed E-state index contributed by atoms with van der Waals surface area (Å²) in [6, 6.07) is 15.9. The number of ketones is 1. The summed E-state index contributed by atoms with van der Waals surface area (Å²) in [6.07, 6.45) is 2.67. The number of aromatic nitrogens is 1. The van der Waals surface area contributed by atoms with Crippen molar-refractivity contribution in [2.24, 2.45) is 0 Å². The number of aromatic amines is 1. The molecular formula is C18H16N2O. The Morgan fingerprint density at radius 1 is 1.05 bits per heavy atom. The molecule has 0 radical (unpaired) electrons. The minimum Gasteiger partial charge on any atom is -0.368 e. The van der Waals surface area contributed by atoms with Gasteiger partial charge in [0, 0.05) is 33.9 Å². The number of fused-ring (bicyclic) bond motifs is 2. The molecule has 0 amide bonds. The lowest BCUT2D eigenvalue weighted by Gasteiger charge is -2.27. The molecule has 2 aromatic carbocycles. The van der Waals surface area contributed by atoms with E-state index in [1.54, 1.807) is 0 Å². The molecule has 3 aromatic rings. The van der Waals surface area contributed by atoms with Gasteiger partial charge >= 0.3 is 0 Å². The summed E-state index contributed by atoms with van der Waals surface area (Å²) in [7, 11) is 0. The van der Waals surface area contributed by atoms with Crippen molar-refractivity contribution in [3.05, 3.63) is 65.9 Å². The number of para-hydroxylation sites is 2. The molecule has 1 atom stereocenters. The van der Waals surface area contributed by atoms with Crippen molar-refractivity contribution < 1.29 is 4.79 Å². The molecule has 104 valence electrons. The Hall–Kier alpha value is -2.55. The lowest BCUT2D eigenvalue weighted by Crippen LogP contribution is -2.37. The van der Waals surface area contributed by atoms with Gasteiger partial charge < -0.3 is 10.3 Å². The third kappa shape index (κ3) is 1.51. The maximum Gasteiger partial charge on any atom is 0.194 e. The van der Waals surface area contributed by atoms with Crippen LogP contribution < -0.4 is 5.32 Å². The lowest BCUT2D eigenvalue weighted by molar-refractivity contribution is 0.0915. The van der Waals surface area contributed by atoms with Gasteiger partial charge in [-0.05, 0) is 24.6 Å². The molecule has 0 bridgehead atoms. The number of nitrogens with one attached hydrogen (secondary N) is 2. The minimum atomic E-state index is -0.663. The number of benzene rings is 2. The molecule has 0 saturated heterocycles. The van der Waals surface area contributed by atoms with Crippen LogP contribution in [0.4, 0.5) is 5.69 Å². The van der Waals surface area contributed by atoms with Gasteiger partial charge in [-0.3, -0.25) is 4.79 Å². The van der Waals surface area contributed by atoms with Crippen molar-refractivity contribution in [2.45, 2.75) is 18.9 Å². The van der Waals surface area contributed by atoms with Crippen molar-refractivity contribution in [1.29, 1.82) is 0 Å². The van der Waals surface area contributed by atoms with E-state index in [0.29, 0.717) is 6.42 Å². The van der Waals surface area contributed by atoms with E-state index in [1.165, 1.54) is 0 Å². The van der Waals surface area contributed by atoms with Crippen LogP contribution in [0.3, 0.4) is 0 Å². The Bertz CT molecular complexity index is 849. The number of Topliss-reactive ketones (excluding diaryl/α,β-unsaturated/α-hetero) is 1. The third-order valence-electron chi connectivity index (χ3n) is 4.49. The fraction of sp³-hybridized carbons (Fsp3) is 0.167. The summed E-state index contributed by atoms with van der Waals surface area (Å²) in [6.45, 7) is 2.05. The largest absolute Gasteiger partial charge is 0.368 e. The van der Waals surface area contributed by atoms with Crippen LogP contribution in [0.5, 0.6) is 0 Å². The fourth-order valence-electron chi connectivity index (χ4n) is 3.36. The van der Waals surface area contributed by atoms with Gasteiger partial charge in [0.25, 0.3) is 0 Å². The molecule has 2 heterocycles. The zero-order valence-corrected chi connectivity index (χ0v) is 11.8. The van der Waals surface area contributed by atoms with Gasteiger partial charge in [-0.2, -0.15) is 0 Å². The van der Waals surface area contributed by atoms with Gasteiger partial charge in [-0.15, -0.1) is 0 Å². The van der Waals surface area contributed by atoms with Gasteiger partial charge in [-0.1, -0.05) is 37.3 Å². The normalized spacial score (nSPS) is 20.5. The first kappa shape index (κ1) is 12.2. The predicted octanol–water partition coefficient (Wildman–Crippen LogP) is 4.08. The van der Waals surface area contributed by atoms with E-state index in [1.807, 2.05) is 48.7 Å². The van der Waals surface area contributed by atoms with Crippen LogP contribution in [0.25, 0.3) is 10.9 Å². The maximum atomic E-state index is 13.0. The van der Waals surface area contributed by atoms with E-state index in [4.69, 9.17) is 0 Å². The number of hydrogen-bond acceptors (Lipinski definition) is 2. The molecule has 1 aromatic heterocycles. The molecule has 0 saturated carbocycles. The summed E-state index contributed by atoms with van der Waals surface area (Å²) >= 11 is 0. The van der Waals surface area contributed by atoms with Crippen LogP contribution in [0, 0.1) is 0 Å². The fourth-order valence-corrected chi connectivity index (χ4v) is 3.36. The quantitative estimate of drug-likeness (QED) is 0.740. The Morgan fingerprint density at radius 2 is 1.81 bits per heavy atom. The summed E-state index contributed by atoms with van der Waals surface area (Å²) in [5.41, 5.74) is 3.13. The molecule has 4 rings (SSSR count). The Morgan fingerprint density at radius 3 is 2.62 bits per heavy atom. The Balaban J connectivity index is 1.96. The molecule has 0 fully saturated rings. The Labute approximate surface area is 123 Å². The van der Waals surface area contributed by atoms with Crippen molar-refractivity contribution in [3.8, 4) is 0 Å². The van der Waals surface area contributed by atoms with Crippen LogP contribution in [0.1, 0.15) is 29.3 Å². The molecule has 3 nitrogen and oxygen atoms in total. The molecule has 1 unspecified atom stereocenters. The second-order valence-corrected chi connectivity index (χ2v) is 5.51. The number of H-pyrrole nitrogens is 1. The first-order valence-electron chi connectivity index (χ1n) is 7.25. The average molecular weight is 276 g/mol. The van der Waals surface area contributed by atoms with Gasteiger partial charge in [0.15, 0.2) is 5.78 Å². The van der Waals surface area contributed by atoms with Crippen LogP contribution in [0.2, 0.25) is 0 Å². The summed E-state index contributed by atoms with van der Waals surface area (Å²) in [4.78, 5) is 16.3. The highest BCUT2D eigenvalue weighted by atomic mass is 16.1. The predicted molar refractivity (Wildman–Crippen MR) is 84.7 cm³/mol. The minimum absolute atomic E-state index is 0.158. The molecule has 21 heavy (non-hydrogen) atoms. The van der Waals surface area contributed by atoms with Crippen molar-refractivity contribution in [3.63, 3.8) is 0 Å². The number of anilines is 1.